The van der Waals surface area contributed by atoms with Crippen LogP contribution in [0.2, 0.25) is 5.15 Å². The number of anilines is 1. The summed E-state index contributed by atoms with van der Waals surface area (Å²) >= 11 is 6.10. The van der Waals surface area contributed by atoms with Crippen LogP contribution in [0.15, 0.2) is 6.07 Å². The van der Waals surface area contributed by atoms with Gasteiger partial charge in [0.25, 0.3) is 0 Å². The van der Waals surface area contributed by atoms with Gasteiger partial charge in [-0.25, -0.2) is 9.97 Å². The number of rotatable bonds is 2. The van der Waals surface area contributed by atoms with Crippen LogP contribution in [0.3, 0.4) is 0 Å². The molecule has 2 aliphatic rings. The monoisotopic (exact) mass is 299 g/mol. The standard InChI is InChI=1S/C13H18ClN3OS/c1-13(2)8-17(5-6-19(13)18)11-7-10(14)15-12(16-11)9-3-4-9/h7,9H,3-6,8H2,1-2H3. The van der Waals surface area contributed by atoms with E-state index in [1.165, 1.54) is 0 Å². The topological polar surface area (TPSA) is 46.1 Å². The number of nitrogens with zero attached hydrogens (tertiary/aromatic N) is 3. The highest BCUT2D eigenvalue weighted by Gasteiger charge is 2.34. The van der Waals surface area contributed by atoms with Crippen molar-refractivity contribution < 1.29 is 4.21 Å². The van der Waals surface area contributed by atoms with E-state index in [0.717, 1.165) is 37.6 Å². The number of hydrogen-bond donors (Lipinski definition) is 0. The fraction of sp³-hybridized carbons (Fsp3) is 0.692. The van der Waals surface area contributed by atoms with Crippen molar-refractivity contribution in [2.75, 3.05) is 23.7 Å². The van der Waals surface area contributed by atoms with E-state index in [4.69, 9.17) is 11.6 Å². The Morgan fingerprint density at radius 3 is 2.79 bits per heavy atom. The normalized spacial score (nSPS) is 26.5. The molecule has 0 radical (unpaired) electrons. The molecule has 104 valence electrons. The Kier molecular flexibility index (Phi) is 3.29. The molecular formula is C13H18ClN3OS. The van der Waals surface area contributed by atoms with Gasteiger partial charge in [0.05, 0.1) is 4.75 Å². The van der Waals surface area contributed by atoms with Crippen LogP contribution in [0.5, 0.6) is 0 Å². The van der Waals surface area contributed by atoms with Crippen LogP contribution in [-0.4, -0.2) is 37.8 Å². The summed E-state index contributed by atoms with van der Waals surface area (Å²) in [4.78, 5) is 11.1. The fourth-order valence-electron chi connectivity index (χ4n) is 2.38. The van der Waals surface area contributed by atoms with Crippen LogP contribution in [0.25, 0.3) is 0 Å². The summed E-state index contributed by atoms with van der Waals surface area (Å²) in [7, 11) is -0.770. The van der Waals surface area contributed by atoms with E-state index in [-0.39, 0.29) is 4.75 Å². The van der Waals surface area contributed by atoms with Gasteiger partial charge in [-0.15, -0.1) is 0 Å². The molecule has 1 saturated heterocycles. The molecule has 0 aromatic carbocycles. The van der Waals surface area contributed by atoms with Crippen molar-refractivity contribution in [3.63, 3.8) is 0 Å². The SMILES string of the molecule is CC1(C)CN(c2cc(Cl)nc(C3CC3)n2)CCS1=O. The molecular weight excluding hydrogens is 282 g/mol. The molecule has 1 saturated carbocycles. The van der Waals surface area contributed by atoms with Crippen LogP contribution in [0, 0.1) is 0 Å². The van der Waals surface area contributed by atoms with Gasteiger partial charge in [-0.05, 0) is 26.7 Å². The Hall–Kier alpha value is -0.680. The molecule has 6 heteroatoms. The molecule has 1 atom stereocenters. The Labute approximate surface area is 121 Å². The molecule has 0 bridgehead atoms. The van der Waals surface area contributed by atoms with Crippen molar-refractivity contribution in [1.29, 1.82) is 0 Å². The Balaban J connectivity index is 1.87. The van der Waals surface area contributed by atoms with Crippen LogP contribution < -0.4 is 4.90 Å². The van der Waals surface area contributed by atoms with Crippen molar-refractivity contribution in [1.82, 2.24) is 9.97 Å². The van der Waals surface area contributed by atoms with Gasteiger partial charge in [0, 0.05) is 41.6 Å². The zero-order valence-corrected chi connectivity index (χ0v) is 12.8. The molecule has 1 unspecified atom stereocenters. The van der Waals surface area contributed by atoms with Crippen molar-refractivity contribution >= 4 is 28.2 Å². The average molecular weight is 300 g/mol. The number of halogens is 1. The molecule has 1 aliphatic heterocycles. The molecule has 0 N–H and O–H groups in total. The minimum atomic E-state index is -0.770. The molecule has 0 amide bonds. The second kappa shape index (κ2) is 4.70. The molecule has 1 aliphatic carbocycles. The third-order valence-electron chi connectivity index (χ3n) is 3.70. The van der Waals surface area contributed by atoms with Crippen LogP contribution in [-0.2, 0) is 10.8 Å². The first-order valence-electron chi connectivity index (χ1n) is 6.64. The summed E-state index contributed by atoms with van der Waals surface area (Å²) in [5, 5.41) is 0.511. The lowest BCUT2D eigenvalue weighted by Gasteiger charge is -2.38. The second-order valence-electron chi connectivity index (χ2n) is 5.91. The maximum absolute atomic E-state index is 12.0. The van der Waals surface area contributed by atoms with Crippen molar-refractivity contribution in [3.8, 4) is 0 Å². The molecule has 2 fully saturated rings. The van der Waals surface area contributed by atoms with Crippen LogP contribution in [0.1, 0.15) is 38.4 Å². The Bertz CT molecular complexity index is 531. The smallest absolute Gasteiger partial charge is 0.135 e. The average Bonchev–Trinajstić information content (AvgIpc) is 3.16. The van der Waals surface area contributed by atoms with Crippen molar-refractivity contribution in [2.24, 2.45) is 0 Å². The van der Waals surface area contributed by atoms with Gasteiger partial charge in [0.2, 0.25) is 0 Å². The van der Waals surface area contributed by atoms with Gasteiger partial charge in [-0.3, -0.25) is 4.21 Å². The van der Waals surface area contributed by atoms with Gasteiger partial charge in [0.1, 0.15) is 16.8 Å². The number of hydrogen-bond acceptors (Lipinski definition) is 4. The quantitative estimate of drug-likeness (QED) is 0.787. The van der Waals surface area contributed by atoms with Crippen molar-refractivity contribution in [3.05, 3.63) is 17.0 Å². The third kappa shape index (κ3) is 2.77. The Morgan fingerprint density at radius 1 is 1.42 bits per heavy atom. The fourth-order valence-corrected chi connectivity index (χ4v) is 3.81. The molecule has 2 heterocycles. The summed E-state index contributed by atoms with van der Waals surface area (Å²) < 4.78 is 11.8. The molecule has 0 spiro atoms. The van der Waals surface area contributed by atoms with E-state index in [9.17, 15) is 4.21 Å². The molecule has 1 aromatic heterocycles. The van der Waals surface area contributed by atoms with Gasteiger partial charge in [-0.2, -0.15) is 0 Å². The minimum Gasteiger partial charge on any atom is -0.354 e. The summed E-state index contributed by atoms with van der Waals surface area (Å²) in [5.74, 6) is 2.93. The summed E-state index contributed by atoms with van der Waals surface area (Å²) in [5.41, 5.74) is 0. The lowest BCUT2D eigenvalue weighted by atomic mass is 10.2. The van der Waals surface area contributed by atoms with E-state index in [0.29, 0.717) is 16.8 Å². The lowest BCUT2D eigenvalue weighted by Crippen LogP contribution is -2.50. The van der Waals surface area contributed by atoms with Gasteiger partial charge in [-0.1, -0.05) is 11.6 Å². The van der Waals surface area contributed by atoms with Gasteiger partial charge < -0.3 is 4.90 Å². The number of aromatic nitrogens is 2. The van der Waals surface area contributed by atoms with Crippen LogP contribution in [0.4, 0.5) is 5.82 Å². The van der Waals surface area contributed by atoms with Crippen molar-refractivity contribution in [2.45, 2.75) is 37.4 Å². The molecule has 3 rings (SSSR count). The maximum Gasteiger partial charge on any atom is 0.135 e. The highest BCUT2D eigenvalue weighted by atomic mass is 35.5. The first-order valence-corrected chi connectivity index (χ1v) is 8.33. The minimum absolute atomic E-state index is 0.199. The summed E-state index contributed by atoms with van der Waals surface area (Å²) in [6.45, 7) is 5.60. The predicted molar refractivity (Wildman–Crippen MR) is 78.3 cm³/mol. The maximum atomic E-state index is 12.0. The molecule has 4 nitrogen and oxygen atoms in total. The predicted octanol–water partition coefficient (Wildman–Crippen LogP) is 2.35. The Morgan fingerprint density at radius 2 is 2.16 bits per heavy atom. The first kappa shape index (κ1) is 13.3. The van der Waals surface area contributed by atoms with E-state index < -0.39 is 10.8 Å². The first-order chi connectivity index (χ1) is 8.95. The zero-order chi connectivity index (χ0) is 13.6. The largest absolute Gasteiger partial charge is 0.354 e. The van der Waals surface area contributed by atoms with E-state index >= 15 is 0 Å². The summed E-state index contributed by atoms with van der Waals surface area (Å²) in [6.07, 6.45) is 2.32. The van der Waals surface area contributed by atoms with Gasteiger partial charge in [0.15, 0.2) is 0 Å². The summed E-state index contributed by atoms with van der Waals surface area (Å²) in [6, 6.07) is 1.82. The highest BCUT2D eigenvalue weighted by Crippen LogP contribution is 2.39. The molecule has 1 aromatic rings. The molecule has 19 heavy (non-hydrogen) atoms. The third-order valence-corrected chi connectivity index (χ3v) is 5.81. The van der Waals surface area contributed by atoms with E-state index in [1.54, 1.807) is 0 Å². The van der Waals surface area contributed by atoms with E-state index in [2.05, 4.69) is 14.9 Å². The second-order valence-corrected chi connectivity index (χ2v) is 8.50. The van der Waals surface area contributed by atoms with Crippen LogP contribution >= 0.6 is 11.6 Å². The highest BCUT2D eigenvalue weighted by molar-refractivity contribution is 7.86. The van der Waals surface area contributed by atoms with E-state index in [1.807, 2.05) is 19.9 Å². The lowest BCUT2D eigenvalue weighted by molar-refractivity contribution is 0.585. The zero-order valence-electron chi connectivity index (χ0n) is 11.2. The van der Waals surface area contributed by atoms with Gasteiger partial charge >= 0.3 is 0 Å².